The third kappa shape index (κ3) is 4.06. The molecule has 5 nitrogen and oxygen atoms in total. The fourth-order valence-electron chi connectivity index (χ4n) is 3.28. The minimum Gasteiger partial charge on any atom is -0.341 e. The van der Waals surface area contributed by atoms with Gasteiger partial charge in [-0.1, -0.05) is 41.9 Å². The van der Waals surface area contributed by atoms with E-state index < -0.39 is 6.04 Å². The van der Waals surface area contributed by atoms with Crippen molar-refractivity contribution in [3.05, 3.63) is 70.7 Å². The Morgan fingerprint density at radius 3 is 2.42 bits per heavy atom. The van der Waals surface area contributed by atoms with Crippen LogP contribution in [0, 0.1) is 0 Å². The van der Waals surface area contributed by atoms with E-state index in [-0.39, 0.29) is 23.8 Å². The summed E-state index contributed by atoms with van der Waals surface area (Å²) in [6, 6.07) is 15.8. The van der Waals surface area contributed by atoms with Crippen LogP contribution in [0.4, 0.5) is 0 Å². The quantitative estimate of drug-likeness (QED) is 0.866. The lowest BCUT2D eigenvalue weighted by Crippen LogP contribution is -2.46. The van der Waals surface area contributed by atoms with E-state index in [1.807, 2.05) is 30.3 Å². The summed E-state index contributed by atoms with van der Waals surface area (Å²) in [5.41, 5.74) is 7.85. The van der Waals surface area contributed by atoms with Crippen LogP contribution in [-0.4, -0.2) is 41.9 Å². The Hall–Kier alpha value is -2.37. The molecule has 2 aromatic carbocycles. The monoisotopic (exact) mass is 371 g/mol. The number of hydrogen-bond donors (Lipinski definition) is 2. The molecule has 136 valence electrons. The van der Waals surface area contributed by atoms with Crippen LogP contribution in [0.25, 0.3) is 0 Å². The molecule has 26 heavy (non-hydrogen) atoms. The van der Waals surface area contributed by atoms with Crippen molar-refractivity contribution < 1.29 is 9.59 Å². The molecule has 2 aromatic rings. The second kappa shape index (κ2) is 7.89. The highest BCUT2D eigenvalue weighted by Gasteiger charge is 2.35. The molecule has 3 atom stereocenters. The lowest BCUT2D eigenvalue weighted by atomic mass is 9.95. The minimum atomic E-state index is -0.625. The van der Waals surface area contributed by atoms with Gasteiger partial charge >= 0.3 is 0 Å². The van der Waals surface area contributed by atoms with Gasteiger partial charge in [0.2, 0.25) is 5.91 Å². The molecule has 1 unspecified atom stereocenters. The Kier molecular flexibility index (Phi) is 5.59. The van der Waals surface area contributed by atoms with Crippen LogP contribution >= 0.6 is 11.6 Å². The van der Waals surface area contributed by atoms with Crippen LogP contribution < -0.4 is 11.1 Å². The first kappa shape index (κ1) is 18.4. The van der Waals surface area contributed by atoms with Gasteiger partial charge in [-0.15, -0.1) is 0 Å². The summed E-state index contributed by atoms with van der Waals surface area (Å²) in [5.74, 6) is -0.314. The summed E-state index contributed by atoms with van der Waals surface area (Å²) in [5, 5.41) is 3.31. The number of nitrogens with zero attached hydrogens (tertiary/aromatic N) is 1. The number of rotatable bonds is 4. The Balaban J connectivity index is 1.62. The van der Waals surface area contributed by atoms with Crippen LogP contribution in [0.5, 0.6) is 0 Å². The molecule has 0 spiro atoms. The number of nitrogens with two attached hydrogens (primary N) is 1. The Bertz CT molecular complexity index is 779. The van der Waals surface area contributed by atoms with Gasteiger partial charge in [-0.05, 0) is 36.8 Å². The van der Waals surface area contributed by atoms with Gasteiger partial charge in [-0.3, -0.25) is 9.59 Å². The van der Waals surface area contributed by atoms with Gasteiger partial charge in [0.25, 0.3) is 5.91 Å². The Labute approximate surface area is 158 Å². The first-order chi connectivity index (χ1) is 12.5. The van der Waals surface area contributed by atoms with E-state index in [9.17, 15) is 9.59 Å². The number of amides is 2. The van der Waals surface area contributed by atoms with E-state index in [0.717, 1.165) is 5.56 Å². The summed E-state index contributed by atoms with van der Waals surface area (Å²) in [4.78, 5) is 26.7. The maximum absolute atomic E-state index is 12.7. The van der Waals surface area contributed by atoms with Crippen molar-refractivity contribution in [2.24, 2.45) is 5.73 Å². The number of halogens is 1. The van der Waals surface area contributed by atoms with Crippen molar-refractivity contribution in [1.29, 1.82) is 0 Å². The highest BCUT2D eigenvalue weighted by molar-refractivity contribution is 6.30. The van der Waals surface area contributed by atoms with Crippen molar-refractivity contribution in [3.63, 3.8) is 0 Å². The van der Waals surface area contributed by atoms with Gasteiger partial charge in [-0.25, -0.2) is 0 Å². The minimum absolute atomic E-state index is 0.110. The molecular weight excluding hydrogens is 350 g/mol. The maximum atomic E-state index is 12.7. The van der Waals surface area contributed by atoms with Crippen LogP contribution in [0.2, 0.25) is 5.02 Å². The van der Waals surface area contributed by atoms with Gasteiger partial charge in [0.15, 0.2) is 0 Å². The number of carbonyl (C=O) groups is 2. The van der Waals surface area contributed by atoms with E-state index in [1.165, 1.54) is 0 Å². The van der Waals surface area contributed by atoms with Gasteiger partial charge in [0, 0.05) is 35.6 Å². The average molecular weight is 372 g/mol. The summed E-state index contributed by atoms with van der Waals surface area (Å²) < 4.78 is 0. The molecule has 1 aliphatic rings. The fraction of sp³-hybridized carbons (Fsp3) is 0.300. The normalized spacial score (nSPS) is 20.7. The molecule has 0 aliphatic carbocycles. The maximum Gasteiger partial charge on any atom is 0.251 e. The molecule has 0 bridgehead atoms. The Morgan fingerprint density at radius 2 is 1.77 bits per heavy atom. The zero-order valence-electron chi connectivity index (χ0n) is 14.6. The van der Waals surface area contributed by atoms with E-state index in [4.69, 9.17) is 17.3 Å². The molecule has 0 saturated carbocycles. The molecule has 3 N–H and O–H groups in total. The highest BCUT2D eigenvalue weighted by Crippen LogP contribution is 2.26. The van der Waals surface area contributed by atoms with E-state index in [1.54, 1.807) is 36.1 Å². The molecule has 0 radical (unpaired) electrons. The standard InChI is InChI=1S/C20H22ClN3O2/c1-13(23-19(25)15-7-9-16(21)10-8-15)20(26)24-11-17(18(22)12-24)14-5-3-2-4-6-14/h2-10,13,17-18H,11-12,22H2,1H3,(H,23,25)/t13?,17-,18+/m0/s1. The molecular formula is C20H22ClN3O2. The summed E-state index contributed by atoms with van der Waals surface area (Å²) in [6.45, 7) is 2.74. The predicted molar refractivity (Wildman–Crippen MR) is 102 cm³/mol. The number of carbonyl (C=O) groups excluding carboxylic acids is 2. The van der Waals surface area contributed by atoms with Gasteiger partial charge < -0.3 is 16.0 Å². The van der Waals surface area contributed by atoms with Crippen LogP contribution in [0.3, 0.4) is 0 Å². The second-order valence-corrected chi connectivity index (χ2v) is 7.06. The van der Waals surface area contributed by atoms with Crippen molar-refractivity contribution in [3.8, 4) is 0 Å². The number of hydrogen-bond acceptors (Lipinski definition) is 3. The lowest BCUT2D eigenvalue weighted by Gasteiger charge is -2.22. The number of nitrogens with one attached hydrogen (secondary N) is 1. The third-order valence-corrected chi connectivity index (χ3v) is 4.98. The second-order valence-electron chi connectivity index (χ2n) is 6.63. The largest absolute Gasteiger partial charge is 0.341 e. The van der Waals surface area contributed by atoms with E-state index in [2.05, 4.69) is 5.32 Å². The molecule has 1 saturated heterocycles. The average Bonchev–Trinajstić information content (AvgIpc) is 3.04. The smallest absolute Gasteiger partial charge is 0.251 e. The van der Waals surface area contributed by atoms with Gasteiger partial charge in [0.1, 0.15) is 6.04 Å². The first-order valence-electron chi connectivity index (χ1n) is 8.61. The Morgan fingerprint density at radius 1 is 1.12 bits per heavy atom. The highest BCUT2D eigenvalue weighted by atomic mass is 35.5. The molecule has 1 aliphatic heterocycles. The van der Waals surface area contributed by atoms with Gasteiger partial charge in [-0.2, -0.15) is 0 Å². The van der Waals surface area contributed by atoms with Crippen molar-refractivity contribution in [2.75, 3.05) is 13.1 Å². The topological polar surface area (TPSA) is 75.4 Å². The van der Waals surface area contributed by atoms with Crippen molar-refractivity contribution in [1.82, 2.24) is 10.2 Å². The molecule has 1 heterocycles. The molecule has 2 amide bonds. The summed E-state index contributed by atoms with van der Waals surface area (Å²) in [7, 11) is 0. The summed E-state index contributed by atoms with van der Waals surface area (Å²) >= 11 is 5.83. The summed E-state index contributed by atoms with van der Waals surface area (Å²) in [6.07, 6.45) is 0. The van der Waals surface area contributed by atoms with Crippen LogP contribution in [-0.2, 0) is 4.79 Å². The lowest BCUT2D eigenvalue weighted by molar-refractivity contribution is -0.131. The number of benzene rings is 2. The zero-order chi connectivity index (χ0) is 18.7. The fourth-order valence-corrected chi connectivity index (χ4v) is 3.40. The SMILES string of the molecule is CC(NC(=O)c1ccc(Cl)cc1)C(=O)N1C[C@@H](N)[C@H](c2ccccc2)C1. The van der Waals surface area contributed by atoms with Crippen molar-refractivity contribution in [2.45, 2.75) is 24.9 Å². The molecule has 6 heteroatoms. The van der Waals surface area contributed by atoms with Gasteiger partial charge in [0.05, 0.1) is 0 Å². The molecule has 3 rings (SSSR count). The van der Waals surface area contributed by atoms with Crippen LogP contribution in [0.15, 0.2) is 54.6 Å². The number of likely N-dealkylation sites (tertiary alicyclic amines) is 1. The molecule has 0 aromatic heterocycles. The molecule has 1 fully saturated rings. The third-order valence-electron chi connectivity index (χ3n) is 4.73. The predicted octanol–water partition coefficient (Wildman–Crippen LogP) is 2.41. The van der Waals surface area contributed by atoms with E-state index in [0.29, 0.717) is 23.7 Å². The van der Waals surface area contributed by atoms with E-state index >= 15 is 0 Å². The van der Waals surface area contributed by atoms with Crippen molar-refractivity contribution >= 4 is 23.4 Å². The van der Waals surface area contributed by atoms with Crippen LogP contribution in [0.1, 0.15) is 28.8 Å². The first-order valence-corrected chi connectivity index (χ1v) is 8.99. The zero-order valence-corrected chi connectivity index (χ0v) is 15.3.